The summed E-state index contributed by atoms with van der Waals surface area (Å²) in [5, 5.41) is 0.936. The number of fused-ring (bicyclic) bond motifs is 1. The van der Waals surface area contributed by atoms with Gasteiger partial charge < -0.3 is 15.2 Å². The van der Waals surface area contributed by atoms with E-state index in [1.54, 1.807) is 15.5 Å². The molecule has 0 saturated carbocycles. The first-order valence-electron chi connectivity index (χ1n) is 12.8. The Bertz CT molecular complexity index is 1510. The van der Waals surface area contributed by atoms with Crippen LogP contribution in [0.25, 0.3) is 17.0 Å². The number of thioether (sulfide) groups is 1. The normalized spacial score (nSPS) is 18.5. The second-order valence-electron chi connectivity index (χ2n) is 9.63. The van der Waals surface area contributed by atoms with Gasteiger partial charge in [-0.2, -0.15) is 0 Å². The molecule has 3 aromatic rings. The number of benzene rings is 2. The summed E-state index contributed by atoms with van der Waals surface area (Å²) in [5.74, 6) is -0.662. The highest BCUT2D eigenvalue weighted by Crippen LogP contribution is 2.40. The number of nitrogens with two attached hydrogens (primary N) is 1. The van der Waals surface area contributed by atoms with Crippen LogP contribution in [-0.2, 0) is 16.1 Å². The van der Waals surface area contributed by atoms with Crippen LogP contribution < -0.4 is 16.2 Å². The Morgan fingerprint density at radius 3 is 2.42 bits per heavy atom. The lowest BCUT2D eigenvalue weighted by molar-refractivity contribution is -0.123. The van der Waals surface area contributed by atoms with Crippen molar-refractivity contribution in [3.63, 3.8) is 0 Å². The minimum Gasteiger partial charge on any atom is -0.370 e. The summed E-state index contributed by atoms with van der Waals surface area (Å²) in [6.07, 6.45) is 2.96. The number of aromatic nitrogens is 1. The Kier molecular flexibility index (Phi) is 7.40. The van der Waals surface area contributed by atoms with Gasteiger partial charge in [-0.3, -0.25) is 19.3 Å². The Hall–Kier alpha value is -3.43. The number of aryl methyl sites for hydroxylation is 1. The van der Waals surface area contributed by atoms with E-state index in [1.807, 2.05) is 68.4 Å². The number of rotatable bonds is 6. The summed E-state index contributed by atoms with van der Waals surface area (Å²) >= 11 is 6.86. The van der Waals surface area contributed by atoms with Gasteiger partial charge >= 0.3 is 0 Å². The van der Waals surface area contributed by atoms with Gasteiger partial charge in [0.25, 0.3) is 11.5 Å². The molecule has 0 radical (unpaired) electrons. The van der Waals surface area contributed by atoms with Gasteiger partial charge in [-0.25, -0.2) is 0 Å². The molecular weight excluding hydrogens is 516 g/mol. The Labute approximate surface area is 231 Å². The monoisotopic (exact) mass is 546 g/mol. The fourth-order valence-corrected chi connectivity index (χ4v) is 6.81. The van der Waals surface area contributed by atoms with Crippen molar-refractivity contribution in [1.82, 2.24) is 9.47 Å². The van der Waals surface area contributed by atoms with Crippen LogP contribution >= 0.6 is 24.0 Å². The van der Waals surface area contributed by atoms with Gasteiger partial charge in [-0.05, 0) is 44.4 Å². The number of hydrogen-bond donors (Lipinski definition) is 1. The van der Waals surface area contributed by atoms with Crippen LogP contribution in [0.4, 0.5) is 5.69 Å². The zero-order chi connectivity index (χ0) is 27.0. The molecular formula is C29H30N4O3S2. The molecule has 9 heteroatoms. The van der Waals surface area contributed by atoms with E-state index in [0.717, 1.165) is 22.2 Å². The van der Waals surface area contributed by atoms with Crippen molar-refractivity contribution >= 4 is 62.8 Å². The lowest BCUT2D eigenvalue weighted by Crippen LogP contribution is -2.40. The third kappa shape index (κ3) is 4.65. The number of para-hydroxylation sites is 1. The zero-order valence-corrected chi connectivity index (χ0v) is 23.1. The molecule has 5 rings (SSSR count). The number of piperidine rings is 1. The number of thiocarbonyl (C=S) groups is 1. The summed E-state index contributed by atoms with van der Waals surface area (Å²) in [4.78, 5) is 43.6. The highest BCUT2D eigenvalue weighted by atomic mass is 32.2. The molecule has 2 aliphatic heterocycles. The number of hydrogen-bond acceptors (Lipinski definition) is 6. The first kappa shape index (κ1) is 26.2. The molecule has 196 valence electrons. The second-order valence-corrected chi connectivity index (χ2v) is 11.3. The van der Waals surface area contributed by atoms with E-state index in [2.05, 4.69) is 4.90 Å². The first-order valence-corrected chi connectivity index (χ1v) is 14.1. The fraction of sp³-hybridized carbons (Fsp3) is 0.310. The van der Waals surface area contributed by atoms with Gasteiger partial charge in [0, 0.05) is 30.9 Å². The van der Waals surface area contributed by atoms with Crippen LogP contribution in [0, 0.1) is 5.92 Å². The Morgan fingerprint density at radius 1 is 1.11 bits per heavy atom. The number of nitrogens with zero attached hydrogens (tertiary/aromatic N) is 3. The maximum absolute atomic E-state index is 13.9. The van der Waals surface area contributed by atoms with Gasteiger partial charge in [0.15, 0.2) is 0 Å². The summed E-state index contributed by atoms with van der Waals surface area (Å²) in [6.45, 7) is 5.59. The van der Waals surface area contributed by atoms with Gasteiger partial charge in [-0.15, -0.1) is 0 Å². The third-order valence-electron chi connectivity index (χ3n) is 7.48. The Balaban J connectivity index is 1.62. The molecule has 2 amide bonds. The standard InChI is InChI=1S/C29H30N4O3S2/c1-3-32-23-12-8-7-11-21(23)25(31-15-13-20(14-16-31)26(30)34)22(27(32)35)17-24-28(36)33(29(37)38-24)18(2)19-9-5-4-6-10-19/h4-12,17-18,20H,3,13-16H2,1-2H3,(H2,30,34). The second kappa shape index (κ2) is 10.7. The highest BCUT2D eigenvalue weighted by molar-refractivity contribution is 8.26. The van der Waals surface area contributed by atoms with E-state index >= 15 is 0 Å². The largest absolute Gasteiger partial charge is 0.370 e. The van der Waals surface area contributed by atoms with Crippen molar-refractivity contribution in [3.8, 4) is 0 Å². The summed E-state index contributed by atoms with van der Waals surface area (Å²) in [7, 11) is 0. The van der Waals surface area contributed by atoms with Gasteiger partial charge in [-0.1, -0.05) is 72.5 Å². The molecule has 2 fully saturated rings. The third-order valence-corrected chi connectivity index (χ3v) is 8.81. The molecule has 2 aromatic carbocycles. The molecule has 3 heterocycles. The van der Waals surface area contributed by atoms with Crippen LogP contribution in [0.2, 0.25) is 0 Å². The van der Waals surface area contributed by atoms with Crippen molar-refractivity contribution in [3.05, 3.63) is 81.0 Å². The molecule has 2 aliphatic rings. The minimum absolute atomic E-state index is 0.153. The number of carbonyl (C=O) groups is 2. The van der Waals surface area contributed by atoms with E-state index in [4.69, 9.17) is 18.0 Å². The maximum Gasteiger partial charge on any atom is 0.266 e. The van der Waals surface area contributed by atoms with Crippen LogP contribution in [-0.4, -0.2) is 38.7 Å². The summed E-state index contributed by atoms with van der Waals surface area (Å²) in [6, 6.07) is 17.4. The van der Waals surface area contributed by atoms with E-state index in [-0.39, 0.29) is 29.3 Å². The van der Waals surface area contributed by atoms with Gasteiger partial charge in [0.2, 0.25) is 5.91 Å². The highest BCUT2D eigenvalue weighted by Gasteiger charge is 2.37. The molecule has 38 heavy (non-hydrogen) atoms. The minimum atomic E-state index is -0.285. The molecule has 2 N–H and O–H groups in total. The van der Waals surface area contributed by atoms with Crippen LogP contribution in [0.15, 0.2) is 64.3 Å². The summed E-state index contributed by atoms with van der Waals surface area (Å²) in [5.41, 5.74) is 8.51. The van der Waals surface area contributed by atoms with E-state index < -0.39 is 0 Å². The number of carbonyl (C=O) groups excluding carboxylic acids is 2. The van der Waals surface area contributed by atoms with Crippen LogP contribution in [0.5, 0.6) is 0 Å². The van der Waals surface area contributed by atoms with E-state index in [0.29, 0.717) is 47.3 Å². The number of primary amides is 1. The van der Waals surface area contributed by atoms with Gasteiger partial charge in [0.1, 0.15) is 4.32 Å². The first-order chi connectivity index (χ1) is 18.3. The molecule has 0 aliphatic carbocycles. The fourth-order valence-electron chi connectivity index (χ4n) is 5.41. The smallest absolute Gasteiger partial charge is 0.266 e. The lowest BCUT2D eigenvalue weighted by atomic mass is 9.94. The molecule has 0 bridgehead atoms. The predicted molar refractivity (Wildman–Crippen MR) is 158 cm³/mol. The quantitative estimate of drug-likeness (QED) is 0.357. The molecule has 2 saturated heterocycles. The van der Waals surface area contributed by atoms with Crippen molar-refractivity contribution in [2.45, 2.75) is 39.3 Å². The van der Waals surface area contributed by atoms with Crippen molar-refractivity contribution in [1.29, 1.82) is 0 Å². The van der Waals surface area contributed by atoms with E-state index in [9.17, 15) is 14.4 Å². The van der Waals surface area contributed by atoms with Crippen LogP contribution in [0.1, 0.15) is 43.9 Å². The lowest BCUT2D eigenvalue weighted by Gasteiger charge is -2.34. The SMILES string of the molecule is CCn1c(=O)c(C=C2SC(=S)N(C(C)c3ccccc3)C2=O)c(N2CCC(C(N)=O)CC2)c2ccccc21. The van der Waals surface area contributed by atoms with Crippen molar-refractivity contribution in [2.24, 2.45) is 11.7 Å². The molecule has 1 atom stereocenters. The molecule has 7 nitrogen and oxygen atoms in total. The van der Waals surface area contributed by atoms with Crippen molar-refractivity contribution < 1.29 is 9.59 Å². The number of anilines is 1. The summed E-state index contributed by atoms with van der Waals surface area (Å²) < 4.78 is 2.21. The average molecular weight is 547 g/mol. The average Bonchev–Trinajstić information content (AvgIpc) is 3.21. The molecule has 0 spiro atoms. The topological polar surface area (TPSA) is 88.6 Å². The molecule has 1 unspecified atom stereocenters. The van der Waals surface area contributed by atoms with Crippen LogP contribution in [0.3, 0.4) is 0 Å². The maximum atomic E-state index is 13.9. The Morgan fingerprint density at radius 2 is 1.76 bits per heavy atom. The zero-order valence-electron chi connectivity index (χ0n) is 21.4. The van der Waals surface area contributed by atoms with Gasteiger partial charge in [0.05, 0.1) is 27.7 Å². The number of amides is 2. The number of pyridine rings is 1. The molecule has 1 aromatic heterocycles. The predicted octanol–water partition coefficient (Wildman–Crippen LogP) is 4.69. The van der Waals surface area contributed by atoms with E-state index in [1.165, 1.54) is 11.8 Å². The van der Waals surface area contributed by atoms with Crippen molar-refractivity contribution in [2.75, 3.05) is 18.0 Å².